The molecule has 1 heterocycles. The van der Waals surface area contributed by atoms with Crippen LogP contribution in [-0.4, -0.2) is 15.5 Å². The van der Waals surface area contributed by atoms with Crippen LogP contribution in [0.2, 0.25) is 0 Å². The highest BCUT2D eigenvalue weighted by Gasteiger charge is 2.08. The van der Waals surface area contributed by atoms with Crippen LogP contribution in [0.15, 0.2) is 47.5 Å². The molecule has 0 aromatic carbocycles. The van der Waals surface area contributed by atoms with Gasteiger partial charge in [-0.15, -0.1) is 5.73 Å². The minimum absolute atomic E-state index is 0.398. The third-order valence-corrected chi connectivity index (χ3v) is 2.60. The molecule has 0 spiro atoms. The monoisotopic (exact) mass is 226 g/mol. The Bertz CT molecular complexity index is 589. The van der Waals surface area contributed by atoms with Gasteiger partial charge in [0.15, 0.2) is 0 Å². The summed E-state index contributed by atoms with van der Waals surface area (Å²) in [6.45, 7) is 1.78. The van der Waals surface area contributed by atoms with Gasteiger partial charge >= 0.3 is 0 Å². The van der Waals surface area contributed by atoms with Gasteiger partial charge < -0.3 is 11.1 Å². The molecule has 0 atom stereocenters. The van der Waals surface area contributed by atoms with Gasteiger partial charge in [-0.25, -0.2) is 0 Å². The molecular formula is C13H14N4. The van der Waals surface area contributed by atoms with E-state index in [1.54, 1.807) is 30.0 Å². The molecule has 1 aromatic heterocycles. The Balaban J connectivity index is 2.56. The second-order valence-corrected chi connectivity index (χ2v) is 3.89. The third kappa shape index (κ3) is 2.12. The summed E-state index contributed by atoms with van der Waals surface area (Å²) in [6.07, 6.45) is 7.06. The number of aromatic nitrogens is 2. The fraction of sp³-hybridized carbons (Fsp3) is 0.154. The molecule has 1 aliphatic carbocycles. The molecule has 86 valence electrons. The molecule has 0 aliphatic heterocycles. The molecule has 2 rings (SSSR count). The molecule has 4 heteroatoms. The average molecular weight is 226 g/mol. The van der Waals surface area contributed by atoms with Crippen molar-refractivity contribution in [1.82, 2.24) is 9.78 Å². The van der Waals surface area contributed by atoms with Crippen LogP contribution in [-0.2, 0) is 7.05 Å². The normalized spacial score (nSPS) is 18.0. The van der Waals surface area contributed by atoms with Gasteiger partial charge in [-0.2, -0.15) is 5.10 Å². The maximum absolute atomic E-state index is 7.85. The molecule has 0 saturated carbocycles. The lowest BCUT2D eigenvalue weighted by atomic mass is 10.1. The summed E-state index contributed by atoms with van der Waals surface area (Å²) in [4.78, 5) is 0. The smallest absolute Gasteiger partial charge is 0.0756 e. The van der Waals surface area contributed by atoms with Gasteiger partial charge in [-0.3, -0.25) is 4.68 Å². The van der Waals surface area contributed by atoms with Crippen molar-refractivity contribution in [1.29, 1.82) is 5.41 Å². The molecule has 0 amide bonds. The van der Waals surface area contributed by atoms with Crippen molar-refractivity contribution in [2.45, 2.75) is 6.92 Å². The molecule has 3 N–H and O–H groups in total. The second kappa shape index (κ2) is 4.28. The highest BCUT2D eigenvalue weighted by molar-refractivity contribution is 6.10. The summed E-state index contributed by atoms with van der Waals surface area (Å²) in [7, 11) is 1.87. The van der Waals surface area contributed by atoms with Gasteiger partial charge in [0.2, 0.25) is 0 Å². The van der Waals surface area contributed by atoms with Gasteiger partial charge in [-0.05, 0) is 31.2 Å². The van der Waals surface area contributed by atoms with Crippen molar-refractivity contribution >= 4 is 11.3 Å². The fourth-order valence-electron chi connectivity index (χ4n) is 1.66. The number of hydrogen-bond acceptors (Lipinski definition) is 3. The first-order chi connectivity index (χ1) is 8.09. The molecule has 0 bridgehead atoms. The molecule has 1 aliphatic rings. The lowest BCUT2D eigenvalue weighted by Crippen LogP contribution is -2.03. The molecule has 0 saturated heterocycles. The predicted octanol–water partition coefficient (Wildman–Crippen LogP) is 1.78. The van der Waals surface area contributed by atoms with Crippen LogP contribution in [0.1, 0.15) is 12.6 Å². The highest BCUT2D eigenvalue weighted by atomic mass is 15.3. The van der Waals surface area contributed by atoms with Crippen LogP contribution in [0.3, 0.4) is 0 Å². The summed E-state index contributed by atoms with van der Waals surface area (Å²) in [6, 6.07) is 1.91. The number of nitrogens with two attached hydrogens (primary N) is 1. The lowest BCUT2D eigenvalue weighted by Gasteiger charge is -1.99. The summed E-state index contributed by atoms with van der Waals surface area (Å²) < 4.78 is 1.77. The molecule has 0 radical (unpaired) electrons. The standard InChI is InChI=1S/C13H14N4/c1-9(14)11-5-3-10(4-6-12(11)15)13-7-8-16-17(13)2/h4-8,15H,14H2,1-2H3. The van der Waals surface area contributed by atoms with Gasteiger partial charge in [0.1, 0.15) is 0 Å². The van der Waals surface area contributed by atoms with Crippen LogP contribution >= 0.6 is 0 Å². The van der Waals surface area contributed by atoms with E-state index in [2.05, 4.69) is 10.8 Å². The summed E-state index contributed by atoms with van der Waals surface area (Å²) in [5.41, 5.74) is 12.5. The summed E-state index contributed by atoms with van der Waals surface area (Å²) in [5.74, 6) is 0. The van der Waals surface area contributed by atoms with Gasteiger partial charge in [-0.1, -0.05) is 0 Å². The molecule has 0 unspecified atom stereocenters. The van der Waals surface area contributed by atoms with Gasteiger partial charge in [0.25, 0.3) is 0 Å². The highest BCUT2D eigenvalue weighted by Crippen LogP contribution is 2.17. The Kier molecular flexibility index (Phi) is 2.81. The van der Waals surface area contributed by atoms with E-state index in [0.717, 1.165) is 11.3 Å². The topological polar surface area (TPSA) is 67.7 Å². The Morgan fingerprint density at radius 1 is 1.47 bits per heavy atom. The largest absolute Gasteiger partial charge is 0.402 e. The Labute approximate surface area is 99.9 Å². The van der Waals surface area contributed by atoms with Gasteiger partial charge in [0.05, 0.1) is 11.4 Å². The van der Waals surface area contributed by atoms with Crippen molar-refractivity contribution < 1.29 is 0 Å². The number of nitrogens with zero attached hydrogens (tertiary/aromatic N) is 2. The zero-order valence-electron chi connectivity index (χ0n) is 9.86. The van der Waals surface area contributed by atoms with E-state index in [0.29, 0.717) is 17.0 Å². The number of rotatable bonds is 1. The van der Waals surface area contributed by atoms with Crippen LogP contribution in [0.5, 0.6) is 0 Å². The second-order valence-electron chi connectivity index (χ2n) is 3.89. The first-order valence-corrected chi connectivity index (χ1v) is 5.28. The van der Waals surface area contributed by atoms with Crippen molar-refractivity contribution in [3.8, 4) is 0 Å². The van der Waals surface area contributed by atoms with E-state index in [1.165, 1.54) is 0 Å². The molecule has 1 aromatic rings. The maximum atomic E-state index is 7.85. The number of hydrogen-bond donors (Lipinski definition) is 2. The van der Waals surface area contributed by atoms with E-state index in [1.807, 2.05) is 19.2 Å². The number of nitrogens with one attached hydrogen (secondary N) is 1. The molecule has 0 fully saturated rings. The minimum atomic E-state index is 0.398. The van der Waals surface area contributed by atoms with Crippen LogP contribution < -0.4 is 5.73 Å². The molecule has 4 nitrogen and oxygen atoms in total. The first-order valence-electron chi connectivity index (χ1n) is 5.28. The molecule has 17 heavy (non-hydrogen) atoms. The zero-order chi connectivity index (χ0) is 12.4. The minimum Gasteiger partial charge on any atom is -0.402 e. The summed E-state index contributed by atoms with van der Waals surface area (Å²) >= 11 is 0. The van der Waals surface area contributed by atoms with E-state index in [4.69, 9.17) is 11.1 Å². The van der Waals surface area contributed by atoms with E-state index < -0.39 is 0 Å². The zero-order valence-corrected chi connectivity index (χ0v) is 9.86. The van der Waals surface area contributed by atoms with Crippen LogP contribution in [0, 0.1) is 5.41 Å². The average Bonchev–Trinajstić information content (AvgIpc) is 2.58. The third-order valence-electron chi connectivity index (χ3n) is 2.60. The lowest BCUT2D eigenvalue weighted by molar-refractivity contribution is 0.757. The Morgan fingerprint density at radius 2 is 2.24 bits per heavy atom. The van der Waals surface area contributed by atoms with Crippen molar-refractivity contribution in [3.63, 3.8) is 0 Å². The SMILES string of the molecule is CC(N)=C1C=C=C(c2ccnn2C)C=CC1=N. The van der Waals surface area contributed by atoms with Crippen molar-refractivity contribution in [2.24, 2.45) is 12.8 Å². The van der Waals surface area contributed by atoms with E-state index >= 15 is 0 Å². The summed E-state index contributed by atoms with van der Waals surface area (Å²) in [5, 5.41) is 12.0. The van der Waals surface area contributed by atoms with Gasteiger partial charge in [0, 0.05) is 30.1 Å². The Morgan fingerprint density at radius 3 is 2.82 bits per heavy atom. The maximum Gasteiger partial charge on any atom is 0.0756 e. The van der Waals surface area contributed by atoms with E-state index in [9.17, 15) is 0 Å². The number of allylic oxidation sites excluding steroid dienone is 5. The van der Waals surface area contributed by atoms with Crippen molar-refractivity contribution in [2.75, 3.05) is 0 Å². The quantitative estimate of drug-likeness (QED) is 0.717. The van der Waals surface area contributed by atoms with Crippen LogP contribution in [0.4, 0.5) is 0 Å². The molecular weight excluding hydrogens is 212 g/mol. The predicted molar refractivity (Wildman–Crippen MR) is 68.5 cm³/mol. The number of aryl methyl sites for hydroxylation is 1. The van der Waals surface area contributed by atoms with Crippen LogP contribution in [0.25, 0.3) is 5.57 Å². The Hall–Kier alpha value is -2.32. The van der Waals surface area contributed by atoms with Crippen molar-refractivity contribution in [3.05, 3.63) is 53.2 Å². The first kappa shape index (κ1) is 11.2. The van der Waals surface area contributed by atoms with E-state index in [-0.39, 0.29) is 0 Å². The fourth-order valence-corrected chi connectivity index (χ4v) is 1.66.